The van der Waals surface area contributed by atoms with Gasteiger partial charge in [0.2, 0.25) is 5.91 Å². The Hall–Kier alpha value is -1.64. The Morgan fingerprint density at radius 3 is 2.61 bits per heavy atom. The first kappa shape index (κ1) is 19.4. The first-order chi connectivity index (χ1) is 10.9. The Morgan fingerprint density at radius 2 is 2.04 bits per heavy atom. The molecule has 1 rings (SSSR count). The van der Waals surface area contributed by atoms with Crippen molar-refractivity contribution in [3.05, 3.63) is 39.9 Å². The molecule has 0 bridgehead atoms. The molecule has 124 valence electrons. The molecule has 1 amide bonds. The van der Waals surface area contributed by atoms with E-state index in [2.05, 4.69) is 21.2 Å². The number of carbonyl (C=O) groups excluding carboxylic acids is 1. The van der Waals surface area contributed by atoms with Crippen molar-refractivity contribution in [3.8, 4) is 6.07 Å². The summed E-state index contributed by atoms with van der Waals surface area (Å²) in [6, 6.07) is 9.90. The van der Waals surface area contributed by atoms with Crippen LogP contribution in [0.5, 0.6) is 0 Å². The molecule has 1 atom stereocenters. The molecular formula is C18H23BrN2O2. The van der Waals surface area contributed by atoms with Crippen LogP contribution in [0.4, 0.5) is 0 Å². The fraction of sp³-hybridized carbons (Fsp3) is 0.444. The standard InChI is InChI=1S/C18H23BrN2O2/c1-13(2)10-17(18(22)21-9-8-20)23-12-14(3)11-15-4-6-16(19)7-5-15/h4-7,11,13,17H,9-10,12H2,1-3H3,(H,21,22)/t17-/m0/s1. The molecule has 1 aromatic carbocycles. The average Bonchev–Trinajstić information content (AvgIpc) is 2.51. The molecule has 0 radical (unpaired) electrons. The van der Waals surface area contributed by atoms with Gasteiger partial charge in [0.25, 0.3) is 0 Å². The first-order valence-electron chi connectivity index (χ1n) is 7.61. The zero-order valence-electron chi connectivity index (χ0n) is 13.8. The maximum atomic E-state index is 12.0. The van der Waals surface area contributed by atoms with Crippen LogP contribution in [0.25, 0.3) is 6.08 Å². The molecule has 0 aliphatic rings. The fourth-order valence-electron chi connectivity index (χ4n) is 2.04. The summed E-state index contributed by atoms with van der Waals surface area (Å²) in [6.07, 6.45) is 2.13. The normalized spacial score (nSPS) is 12.8. The average molecular weight is 379 g/mol. The number of rotatable bonds is 8. The van der Waals surface area contributed by atoms with Crippen molar-refractivity contribution in [2.45, 2.75) is 33.3 Å². The molecule has 0 heterocycles. The topological polar surface area (TPSA) is 62.1 Å². The Bertz CT molecular complexity index is 574. The number of hydrogen-bond acceptors (Lipinski definition) is 3. The maximum Gasteiger partial charge on any atom is 0.249 e. The number of ether oxygens (including phenoxy) is 1. The molecule has 0 saturated heterocycles. The van der Waals surface area contributed by atoms with E-state index in [0.717, 1.165) is 15.6 Å². The summed E-state index contributed by atoms with van der Waals surface area (Å²) in [5.74, 6) is 0.111. The second kappa shape index (κ2) is 10.2. The molecule has 1 N–H and O–H groups in total. The van der Waals surface area contributed by atoms with Crippen LogP contribution in [0.15, 0.2) is 34.3 Å². The smallest absolute Gasteiger partial charge is 0.249 e. The quantitative estimate of drug-likeness (QED) is 0.697. The van der Waals surface area contributed by atoms with Gasteiger partial charge in [0.15, 0.2) is 0 Å². The minimum Gasteiger partial charge on any atom is -0.364 e. The van der Waals surface area contributed by atoms with Gasteiger partial charge in [-0.3, -0.25) is 4.79 Å². The van der Waals surface area contributed by atoms with Gasteiger partial charge in [-0.1, -0.05) is 48.0 Å². The van der Waals surface area contributed by atoms with Gasteiger partial charge >= 0.3 is 0 Å². The molecule has 0 spiro atoms. The lowest BCUT2D eigenvalue weighted by Crippen LogP contribution is -2.37. The van der Waals surface area contributed by atoms with Gasteiger partial charge in [-0.2, -0.15) is 5.26 Å². The van der Waals surface area contributed by atoms with Crippen molar-refractivity contribution in [2.24, 2.45) is 5.92 Å². The molecule has 0 fully saturated rings. The van der Waals surface area contributed by atoms with Crippen molar-refractivity contribution in [1.82, 2.24) is 5.32 Å². The predicted molar refractivity (Wildman–Crippen MR) is 95.6 cm³/mol. The highest BCUT2D eigenvalue weighted by atomic mass is 79.9. The lowest BCUT2D eigenvalue weighted by Gasteiger charge is -2.19. The Kier molecular flexibility index (Phi) is 8.60. The van der Waals surface area contributed by atoms with Crippen LogP contribution >= 0.6 is 15.9 Å². The monoisotopic (exact) mass is 378 g/mol. The van der Waals surface area contributed by atoms with Gasteiger partial charge < -0.3 is 10.1 Å². The van der Waals surface area contributed by atoms with Crippen LogP contribution in [0.2, 0.25) is 0 Å². The van der Waals surface area contributed by atoms with E-state index in [1.165, 1.54) is 0 Å². The van der Waals surface area contributed by atoms with Crippen molar-refractivity contribution in [3.63, 3.8) is 0 Å². The van der Waals surface area contributed by atoms with E-state index < -0.39 is 6.10 Å². The second-order valence-electron chi connectivity index (χ2n) is 5.85. The largest absolute Gasteiger partial charge is 0.364 e. The number of nitriles is 1. The minimum atomic E-state index is -0.531. The second-order valence-corrected chi connectivity index (χ2v) is 6.76. The minimum absolute atomic E-state index is 0.00447. The van der Waals surface area contributed by atoms with Gasteiger partial charge in [0.1, 0.15) is 12.6 Å². The summed E-state index contributed by atoms with van der Waals surface area (Å²) in [5, 5.41) is 11.1. The van der Waals surface area contributed by atoms with Crippen LogP contribution in [0, 0.1) is 17.2 Å². The Labute approximate surface area is 146 Å². The van der Waals surface area contributed by atoms with Gasteiger partial charge in [-0.15, -0.1) is 0 Å². The highest BCUT2D eigenvalue weighted by Gasteiger charge is 2.20. The third-order valence-corrected chi connectivity index (χ3v) is 3.64. The lowest BCUT2D eigenvalue weighted by atomic mass is 10.1. The van der Waals surface area contributed by atoms with Gasteiger partial charge in [0.05, 0.1) is 12.7 Å². The third-order valence-electron chi connectivity index (χ3n) is 3.11. The number of halogens is 1. The lowest BCUT2D eigenvalue weighted by molar-refractivity contribution is -0.132. The SMILES string of the molecule is CC(=Cc1ccc(Br)cc1)CO[C@@H](CC(C)C)C(=O)NCC#N. The Morgan fingerprint density at radius 1 is 1.39 bits per heavy atom. The zero-order chi connectivity index (χ0) is 17.2. The number of nitrogens with one attached hydrogen (secondary N) is 1. The van der Waals surface area contributed by atoms with Crippen molar-refractivity contribution >= 4 is 27.9 Å². The van der Waals surface area contributed by atoms with Crippen LogP contribution in [0.3, 0.4) is 0 Å². The van der Waals surface area contributed by atoms with Crippen molar-refractivity contribution in [2.75, 3.05) is 13.2 Å². The molecule has 1 aromatic rings. The van der Waals surface area contributed by atoms with Gasteiger partial charge in [-0.25, -0.2) is 0 Å². The fourth-order valence-corrected chi connectivity index (χ4v) is 2.30. The number of nitrogens with zero attached hydrogens (tertiary/aromatic N) is 1. The molecule has 0 aliphatic heterocycles. The van der Waals surface area contributed by atoms with Crippen molar-refractivity contribution < 1.29 is 9.53 Å². The molecule has 0 saturated carbocycles. The van der Waals surface area contributed by atoms with E-state index in [4.69, 9.17) is 10.00 Å². The predicted octanol–water partition coefficient (Wildman–Crippen LogP) is 3.92. The van der Waals surface area contributed by atoms with Crippen LogP contribution < -0.4 is 5.32 Å². The molecule has 5 heteroatoms. The van der Waals surface area contributed by atoms with E-state index in [9.17, 15) is 4.79 Å². The molecule has 0 unspecified atom stereocenters. The van der Waals surface area contributed by atoms with E-state index >= 15 is 0 Å². The van der Waals surface area contributed by atoms with E-state index in [1.807, 2.05) is 57.2 Å². The third kappa shape index (κ3) is 7.96. The number of carbonyl (C=O) groups is 1. The van der Waals surface area contributed by atoms with Crippen LogP contribution in [-0.4, -0.2) is 25.2 Å². The summed E-state index contributed by atoms with van der Waals surface area (Å²) < 4.78 is 6.81. The van der Waals surface area contributed by atoms with Crippen LogP contribution in [0.1, 0.15) is 32.8 Å². The van der Waals surface area contributed by atoms with Crippen molar-refractivity contribution in [1.29, 1.82) is 5.26 Å². The summed E-state index contributed by atoms with van der Waals surface area (Å²) in [6.45, 7) is 6.44. The molecular weight excluding hydrogens is 356 g/mol. The highest BCUT2D eigenvalue weighted by molar-refractivity contribution is 9.10. The Balaban J connectivity index is 2.63. The molecule has 0 aromatic heterocycles. The highest BCUT2D eigenvalue weighted by Crippen LogP contribution is 2.15. The number of benzene rings is 1. The number of hydrogen-bond donors (Lipinski definition) is 1. The summed E-state index contributed by atoms with van der Waals surface area (Å²) in [7, 11) is 0. The maximum absolute atomic E-state index is 12.0. The summed E-state index contributed by atoms with van der Waals surface area (Å²) in [5.41, 5.74) is 2.12. The molecule has 4 nitrogen and oxygen atoms in total. The number of amides is 1. The molecule has 0 aliphatic carbocycles. The zero-order valence-corrected chi connectivity index (χ0v) is 15.4. The first-order valence-corrected chi connectivity index (χ1v) is 8.40. The molecule has 23 heavy (non-hydrogen) atoms. The van der Waals surface area contributed by atoms with Gasteiger partial charge in [-0.05, 0) is 42.5 Å². The van der Waals surface area contributed by atoms with Gasteiger partial charge in [0, 0.05) is 4.47 Å². The summed E-state index contributed by atoms with van der Waals surface area (Å²) >= 11 is 3.41. The summed E-state index contributed by atoms with van der Waals surface area (Å²) in [4.78, 5) is 12.0. The van der Waals surface area contributed by atoms with E-state index in [-0.39, 0.29) is 12.5 Å². The van der Waals surface area contributed by atoms with Crippen LogP contribution in [-0.2, 0) is 9.53 Å². The van der Waals surface area contributed by atoms with E-state index in [0.29, 0.717) is 18.9 Å². The van der Waals surface area contributed by atoms with E-state index in [1.54, 1.807) is 0 Å².